The number of ether oxygens (including phenoxy) is 1. The Balaban J connectivity index is 1.92. The molecule has 0 unspecified atom stereocenters. The maximum Gasteiger partial charge on any atom is 0.262 e. The summed E-state index contributed by atoms with van der Waals surface area (Å²) in [6.07, 6.45) is 0.539. The number of rotatable bonds is 3. The molecule has 1 amide bonds. The number of carbonyl (C=O) groups is 1. The van der Waals surface area contributed by atoms with Crippen molar-refractivity contribution in [1.29, 1.82) is 0 Å². The van der Waals surface area contributed by atoms with Crippen LogP contribution in [0.15, 0.2) is 22.7 Å². The van der Waals surface area contributed by atoms with Crippen LogP contribution in [0.5, 0.6) is 5.75 Å². The number of amides is 1. The number of anilines is 1. The summed E-state index contributed by atoms with van der Waals surface area (Å²) in [5.74, 6) is 1.41. The lowest BCUT2D eigenvalue weighted by molar-refractivity contribution is -0.118. The van der Waals surface area contributed by atoms with E-state index in [-0.39, 0.29) is 12.5 Å². The molecule has 1 aliphatic rings. The van der Waals surface area contributed by atoms with Crippen molar-refractivity contribution in [2.24, 2.45) is 5.73 Å². The van der Waals surface area contributed by atoms with Gasteiger partial charge in [0.2, 0.25) is 11.7 Å². The second kappa shape index (κ2) is 4.69. The normalized spacial score (nSPS) is 13.6. The number of hydrogen-bond donors (Lipinski definition) is 2. The summed E-state index contributed by atoms with van der Waals surface area (Å²) in [6.45, 7) is 0.491. The molecule has 1 aromatic carbocycles. The number of nitrogens with one attached hydrogen (secondary N) is 1. The molecule has 0 bridgehead atoms. The highest BCUT2D eigenvalue weighted by Crippen LogP contribution is 2.31. The topological polar surface area (TPSA) is 103 Å². The minimum absolute atomic E-state index is 0.0369. The first kappa shape index (κ1) is 11.7. The number of benzene rings is 1. The number of hydrogen-bond acceptors (Lipinski definition) is 6. The van der Waals surface area contributed by atoms with Crippen LogP contribution in [-0.2, 0) is 11.2 Å². The van der Waals surface area contributed by atoms with E-state index in [1.807, 2.05) is 6.07 Å². The molecule has 0 saturated heterocycles. The molecule has 0 atom stereocenters. The molecular formula is C12H12N4O3. The Morgan fingerprint density at radius 1 is 1.42 bits per heavy atom. The average Bonchev–Trinajstić information content (AvgIpc) is 2.87. The summed E-state index contributed by atoms with van der Waals surface area (Å²) >= 11 is 0. The van der Waals surface area contributed by atoms with Crippen molar-refractivity contribution < 1.29 is 14.1 Å². The Bertz CT molecular complexity index is 623. The first-order valence-corrected chi connectivity index (χ1v) is 5.86. The van der Waals surface area contributed by atoms with Crippen LogP contribution in [-0.4, -0.2) is 29.2 Å². The van der Waals surface area contributed by atoms with Crippen molar-refractivity contribution in [3.8, 4) is 17.1 Å². The second-order valence-electron chi connectivity index (χ2n) is 4.10. The van der Waals surface area contributed by atoms with Gasteiger partial charge in [0, 0.05) is 18.5 Å². The van der Waals surface area contributed by atoms with Crippen LogP contribution < -0.4 is 15.8 Å². The van der Waals surface area contributed by atoms with Gasteiger partial charge in [0.15, 0.2) is 6.61 Å². The molecule has 98 valence electrons. The number of nitrogens with two attached hydrogens (primary N) is 1. The maximum atomic E-state index is 11.3. The summed E-state index contributed by atoms with van der Waals surface area (Å²) in [7, 11) is 0. The van der Waals surface area contributed by atoms with Crippen LogP contribution in [0.2, 0.25) is 0 Å². The number of carbonyl (C=O) groups excluding carboxylic acids is 1. The largest absolute Gasteiger partial charge is 0.482 e. The van der Waals surface area contributed by atoms with Crippen LogP contribution in [0.1, 0.15) is 5.89 Å². The van der Waals surface area contributed by atoms with Gasteiger partial charge in [-0.05, 0) is 18.2 Å². The van der Waals surface area contributed by atoms with Crippen LogP contribution in [0, 0.1) is 0 Å². The van der Waals surface area contributed by atoms with E-state index < -0.39 is 0 Å². The Labute approximate surface area is 108 Å². The quantitative estimate of drug-likeness (QED) is 0.836. The third-order valence-electron chi connectivity index (χ3n) is 2.70. The van der Waals surface area contributed by atoms with Crippen LogP contribution >= 0.6 is 0 Å². The van der Waals surface area contributed by atoms with Gasteiger partial charge < -0.3 is 20.3 Å². The molecule has 2 heterocycles. The third kappa shape index (κ3) is 2.27. The zero-order valence-corrected chi connectivity index (χ0v) is 10.0. The molecule has 0 saturated carbocycles. The van der Waals surface area contributed by atoms with E-state index in [1.54, 1.807) is 12.1 Å². The van der Waals surface area contributed by atoms with Crippen molar-refractivity contribution in [3.05, 3.63) is 24.1 Å². The van der Waals surface area contributed by atoms with Crippen molar-refractivity contribution in [3.63, 3.8) is 0 Å². The van der Waals surface area contributed by atoms with E-state index >= 15 is 0 Å². The summed E-state index contributed by atoms with van der Waals surface area (Å²) in [5, 5.41) is 6.61. The lowest BCUT2D eigenvalue weighted by Gasteiger charge is -2.17. The zero-order chi connectivity index (χ0) is 13.2. The van der Waals surface area contributed by atoms with E-state index in [1.165, 1.54) is 0 Å². The number of fused-ring (bicyclic) bond motifs is 1. The number of nitrogens with zero attached hydrogens (tertiary/aromatic N) is 2. The highest BCUT2D eigenvalue weighted by Gasteiger charge is 2.17. The highest BCUT2D eigenvalue weighted by atomic mass is 16.5. The SMILES string of the molecule is NCCc1nc(-c2ccc3c(c2)NC(=O)CO3)no1. The van der Waals surface area contributed by atoms with Gasteiger partial charge in [-0.1, -0.05) is 5.16 Å². The van der Waals surface area contributed by atoms with Crippen LogP contribution in [0.3, 0.4) is 0 Å². The second-order valence-corrected chi connectivity index (χ2v) is 4.10. The van der Waals surface area contributed by atoms with Crippen molar-refractivity contribution >= 4 is 11.6 Å². The minimum Gasteiger partial charge on any atom is -0.482 e. The molecule has 2 aromatic rings. The Kier molecular flexibility index (Phi) is 2.88. The van der Waals surface area contributed by atoms with Crippen LogP contribution in [0.25, 0.3) is 11.4 Å². The standard InChI is InChI=1S/C12H12N4O3/c13-4-3-11-15-12(16-19-11)7-1-2-9-8(5-7)14-10(17)6-18-9/h1-2,5H,3-4,6,13H2,(H,14,17). The maximum absolute atomic E-state index is 11.3. The number of aromatic nitrogens is 2. The van der Waals surface area contributed by atoms with Crippen LogP contribution in [0.4, 0.5) is 5.69 Å². The van der Waals surface area contributed by atoms with E-state index in [2.05, 4.69) is 15.5 Å². The molecule has 1 aromatic heterocycles. The molecule has 7 heteroatoms. The van der Waals surface area contributed by atoms with E-state index in [0.717, 1.165) is 5.56 Å². The summed E-state index contributed by atoms with van der Waals surface area (Å²) in [4.78, 5) is 15.5. The first-order chi connectivity index (χ1) is 9.26. The summed E-state index contributed by atoms with van der Waals surface area (Å²) in [6, 6.07) is 5.33. The monoisotopic (exact) mass is 260 g/mol. The van der Waals surface area contributed by atoms with Gasteiger partial charge >= 0.3 is 0 Å². The van der Waals surface area contributed by atoms with Crippen molar-refractivity contribution in [2.45, 2.75) is 6.42 Å². The predicted molar refractivity (Wildman–Crippen MR) is 66.6 cm³/mol. The summed E-state index contributed by atoms with van der Waals surface area (Å²) in [5.41, 5.74) is 6.78. The molecule has 0 aliphatic carbocycles. The van der Waals surface area contributed by atoms with E-state index in [4.69, 9.17) is 15.0 Å². The van der Waals surface area contributed by atoms with Gasteiger partial charge in [-0.2, -0.15) is 4.98 Å². The fraction of sp³-hybridized carbons (Fsp3) is 0.250. The predicted octanol–water partition coefficient (Wildman–Crippen LogP) is 0.569. The molecule has 0 spiro atoms. The van der Waals surface area contributed by atoms with Crippen molar-refractivity contribution in [2.75, 3.05) is 18.5 Å². The molecule has 1 aliphatic heterocycles. The van der Waals surface area contributed by atoms with Gasteiger partial charge in [-0.15, -0.1) is 0 Å². The molecule has 0 radical (unpaired) electrons. The highest BCUT2D eigenvalue weighted by molar-refractivity contribution is 5.96. The molecule has 19 heavy (non-hydrogen) atoms. The average molecular weight is 260 g/mol. The Morgan fingerprint density at radius 2 is 2.32 bits per heavy atom. The van der Waals surface area contributed by atoms with Gasteiger partial charge in [0.25, 0.3) is 5.91 Å². The third-order valence-corrected chi connectivity index (χ3v) is 2.70. The molecule has 3 rings (SSSR count). The van der Waals surface area contributed by atoms with Gasteiger partial charge in [0.05, 0.1) is 5.69 Å². The first-order valence-electron chi connectivity index (χ1n) is 5.86. The molecule has 0 fully saturated rings. The Hall–Kier alpha value is -2.41. The zero-order valence-electron chi connectivity index (χ0n) is 10.0. The van der Waals surface area contributed by atoms with Gasteiger partial charge in [-0.25, -0.2) is 0 Å². The fourth-order valence-corrected chi connectivity index (χ4v) is 1.82. The van der Waals surface area contributed by atoms with Crippen molar-refractivity contribution in [1.82, 2.24) is 10.1 Å². The van der Waals surface area contributed by atoms with Gasteiger partial charge in [0.1, 0.15) is 5.75 Å². The lowest BCUT2D eigenvalue weighted by atomic mass is 10.1. The summed E-state index contributed by atoms with van der Waals surface area (Å²) < 4.78 is 10.3. The molecule has 3 N–H and O–H groups in total. The minimum atomic E-state index is -0.179. The lowest BCUT2D eigenvalue weighted by Crippen LogP contribution is -2.25. The Morgan fingerprint density at radius 3 is 3.16 bits per heavy atom. The van der Waals surface area contributed by atoms with E-state index in [9.17, 15) is 4.79 Å². The fourth-order valence-electron chi connectivity index (χ4n) is 1.82. The molecular weight excluding hydrogens is 248 g/mol. The molecule has 7 nitrogen and oxygen atoms in total. The smallest absolute Gasteiger partial charge is 0.262 e. The van der Waals surface area contributed by atoms with E-state index in [0.29, 0.717) is 36.1 Å². The van der Waals surface area contributed by atoms with Gasteiger partial charge in [-0.3, -0.25) is 4.79 Å².